The maximum absolute atomic E-state index is 12.5. The number of hydrogen-bond donors (Lipinski definition) is 2. The van der Waals surface area contributed by atoms with Crippen LogP contribution in [0.3, 0.4) is 0 Å². The summed E-state index contributed by atoms with van der Waals surface area (Å²) in [4.78, 5) is 12.4. The van der Waals surface area contributed by atoms with E-state index < -0.39 is 22.2 Å². The Hall–Kier alpha value is -2.66. The number of aryl methyl sites for hydroxylation is 2. The Balaban J connectivity index is 1.59. The maximum atomic E-state index is 12.5. The molecule has 3 aromatic rings. The highest BCUT2D eigenvalue weighted by molar-refractivity contribution is 7.87. The molecule has 1 saturated heterocycles. The molecule has 3 heterocycles. The summed E-state index contributed by atoms with van der Waals surface area (Å²) >= 11 is 6.09. The van der Waals surface area contributed by atoms with Crippen LogP contribution < -0.4 is 4.72 Å². The Kier molecular flexibility index (Phi) is 6.13. The van der Waals surface area contributed by atoms with Crippen LogP contribution in [0.2, 0.25) is 5.02 Å². The number of nitrogens with zero attached hydrogens (tertiary/aromatic N) is 4. The molecule has 0 saturated carbocycles. The molecule has 1 amide bonds. The molecule has 2 aromatic heterocycles. The number of piperidine rings is 1. The summed E-state index contributed by atoms with van der Waals surface area (Å²) < 4.78 is 31.8. The molecular formula is C21H24ClN5O4S. The Bertz CT molecular complexity index is 1300. The predicted molar refractivity (Wildman–Crippen MR) is 123 cm³/mol. The first kappa shape index (κ1) is 22.5. The smallest absolute Gasteiger partial charge is 0.304 e. The van der Waals surface area contributed by atoms with Gasteiger partial charge in [-0.15, -0.1) is 0 Å². The molecule has 11 heteroatoms. The predicted octanol–water partition coefficient (Wildman–Crippen LogP) is 2.16. The van der Waals surface area contributed by atoms with Crippen LogP contribution in [0.15, 0.2) is 36.5 Å². The van der Waals surface area contributed by atoms with Crippen LogP contribution in [0.1, 0.15) is 24.1 Å². The lowest BCUT2D eigenvalue weighted by Gasteiger charge is -2.28. The molecule has 4 rings (SSSR count). The second-order valence-corrected chi connectivity index (χ2v) is 9.88. The van der Waals surface area contributed by atoms with Gasteiger partial charge in [-0.05, 0) is 50.1 Å². The van der Waals surface area contributed by atoms with Crippen LogP contribution >= 0.6 is 11.6 Å². The number of aromatic nitrogens is 3. The number of carbonyl (C=O) groups is 1. The zero-order valence-corrected chi connectivity index (χ0v) is 19.3. The van der Waals surface area contributed by atoms with Gasteiger partial charge in [0, 0.05) is 48.4 Å². The summed E-state index contributed by atoms with van der Waals surface area (Å²) in [6.45, 7) is 2.16. The second-order valence-electron chi connectivity index (χ2n) is 7.77. The monoisotopic (exact) mass is 477 g/mol. The quantitative estimate of drug-likeness (QED) is 0.547. The van der Waals surface area contributed by atoms with Crippen molar-refractivity contribution in [3.63, 3.8) is 0 Å². The highest BCUT2D eigenvalue weighted by atomic mass is 35.5. The van der Waals surface area contributed by atoms with Crippen molar-refractivity contribution in [3.05, 3.63) is 52.8 Å². The van der Waals surface area contributed by atoms with E-state index in [1.807, 2.05) is 35.9 Å². The molecule has 1 aliphatic heterocycles. The number of nitrogens with one attached hydrogen (secondary N) is 1. The molecule has 1 aliphatic rings. The van der Waals surface area contributed by atoms with Gasteiger partial charge in [0.2, 0.25) is 0 Å². The zero-order valence-electron chi connectivity index (χ0n) is 17.7. The number of amides is 1. The number of fused-ring (bicyclic) bond motifs is 1. The van der Waals surface area contributed by atoms with E-state index in [2.05, 4.69) is 9.82 Å². The highest BCUT2D eigenvalue weighted by Gasteiger charge is 2.28. The number of rotatable bonds is 5. The van der Waals surface area contributed by atoms with Crippen molar-refractivity contribution >= 4 is 44.7 Å². The molecule has 2 N–H and O–H groups in total. The molecule has 0 radical (unpaired) electrons. The van der Waals surface area contributed by atoms with E-state index in [0.29, 0.717) is 29.1 Å². The largest absolute Gasteiger partial charge is 0.393 e. The average Bonchev–Trinajstić information content (AvgIpc) is 3.25. The van der Waals surface area contributed by atoms with Gasteiger partial charge in [-0.25, -0.2) is 4.72 Å². The van der Waals surface area contributed by atoms with Crippen LogP contribution in [-0.2, 0) is 22.1 Å². The normalized spacial score (nSPS) is 16.2. The van der Waals surface area contributed by atoms with Crippen LogP contribution in [0.25, 0.3) is 22.8 Å². The van der Waals surface area contributed by atoms with Gasteiger partial charge in [-0.1, -0.05) is 11.6 Å². The first-order chi connectivity index (χ1) is 15.2. The Morgan fingerprint density at radius 1 is 1.28 bits per heavy atom. The highest BCUT2D eigenvalue weighted by Crippen LogP contribution is 2.27. The lowest BCUT2D eigenvalue weighted by atomic mass is 10.1. The molecule has 9 nitrogen and oxygen atoms in total. The van der Waals surface area contributed by atoms with Crippen molar-refractivity contribution in [2.24, 2.45) is 7.05 Å². The summed E-state index contributed by atoms with van der Waals surface area (Å²) in [5, 5.41) is 15.6. The van der Waals surface area contributed by atoms with E-state index in [-0.39, 0.29) is 13.1 Å². The number of halogens is 1. The molecule has 1 aromatic carbocycles. The Labute approximate surface area is 191 Å². The van der Waals surface area contributed by atoms with E-state index >= 15 is 0 Å². The molecule has 1 fully saturated rings. The number of benzene rings is 1. The number of hydrogen-bond acceptors (Lipinski definition) is 5. The molecule has 0 bridgehead atoms. The van der Waals surface area contributed by atoms with E-state index in [1.54, 1.807) is 23.9 Å². The third-order valence-electron chi connectivity index (χ3n) is 5.51. The first-order valence-electron chi connectivity index (χ1n) is 10.1. The van der Waals surface area contributed by atoms with Crippen molar-refractivity contribution in [3.8, 4) is 5.82 Å². The number of carbonyl (C=O) groups excluding carboxylic acids is 1. The van der Waals surface area contributed by atoms with Gasteiger partial charge in [0.15, 0.2) is 0 Å². The van der Waals surface area contributed by atoms with Crippen molar-refractivity contribution in [2.75, 3.05) is 13.1 Å². The number of aliphatic hydroxyl groups is 1. The fraction of sp³-hybridized carbons (Fsp3) is 0.333. The van der Waals surface area contributed by atoms with Gasteiger partial charge in [0.25, 0.3) is 5.91 Å². The fourth-order valence-corrected chi connectivity index (χ4v) is 5.23. The minimum absolute atomic E-state index is 0.171. The SMILES string of the molecule is Cc1nn(C)c(-n2ccc3cc(Cl)ccc32)c1C=CC(=O)NS(=O)(=O)N1CCC(O)CC1. The standard InChI is InChI=1S/C21H24ClN5O4S/c1-14-18(4-6-20(29)24-32(30,31)26-10-8-17(28)9-11-26)21(25(2)23-14)27-12-7-15-13-16(22)3-5-19(15)27/h3-7,12-13,17,28H,8-11H2,1-2H3,(H,24,29). The molecular weight excluding hydrogens is 454 g/mol. The van der Waals surface area contributed by atoms with Crippen LogP contribution in [0.4, 0.5) is 0 Å². The minimum atomic E-state index is -3.97. The molecule has 32 heavy (non-hydrogen) atoms. The van der Waals surface area contributed by atoms with Crippen LogP contribution in [0.5, 0.6) is 0 Å². The Morgan fingerprint density at radius 3 is 2.72 bits per heavy atom. The van der Waals surface area contributed by atoms with E-state index in [0.717, 1.165) is 16.7 Å². The van der Waals surface area contributed by atoms with Crippen molar-refractivity contribution in [2.45, 2.75) is 25.9 Å². The summed E-state index contributed by atoms with van der Waals surface area (Å²) in [5.74, 6) is -0.0220. The zero-order chi connectivity index (χ0) is 23.0. The maximum Gasteiger partial charge on any atom is 0.304 e. The lowest BCUT2D eigenvalue weighted by Crippen LogP contribution is -2.47. The first-order valence-corrected chi connectivity index (χ1v) is 12.0. The van der Waals surface area contributed by atoms with E-state index in [4.69, 9.17) is 11.6 Å². The average molecular weight is 478 g/mol. The van der Waals surface area contributed by atoms with Gasteiger partial charge in [-0.3, -0.25) is 9.48 Å². The summed E-state index contributed by atoms with van der Waals surface area (Å²) in [5.41, 5.74) is 2.30. The summed E-state index contributed by atoms with van der Waals surface area (Å²) in [6.07, 6.45) is 4.82. The van der Waals surface area contributed by atoms with Crippen molar-refractivity contribution in [1.82, 2.24) is 23.4 Å². The molecule has 170 valence electrons. The van der Waals surface area contributed by atoms with Crippen LogP contribution in [0, 0.1) is 6.92 Å². The van der Waals surface area contributed by atoms with Gasteiger partial charge in [0.1, 0.15) is 5.82 Å². The lowest BCUT2D eigenvalue weighted by molar-refractivity contribution is -0.114. The molecule has 0 aliphatic carbocycles. The third-order valence-corrected chi connectivity index (χ3v) is 7.25. The summed E-state index contributed by atoms with van der Waals surface area (Å²) in [7, 11) is -2.17. The van der Waals surface area contributed by atoms with Crippen molar-refractivity contribution < 1.29 is 18.3 Å². The van der Waals surface area contributed by atoms with Gasteiger partial charge in [0.05, 0.1) is 17.3 Å². The Morgan fingerprint density at radius 2 is 2.00 bits per heavy atom. The topological polar surface area (TPSA) is 109 Å². The fourth-order valence-electron chi connectivity index (χ4n) is 3.91. The van der Waals surface area contributed by atoms with E-state index in [9.17, 15) is 18.3 Å². The molecule has 0 spiro atoms. The molecule has 0 unspecified atom stereocenters. The van der Waals surface area contributed by atoms with Gasteiger partial charge >= 0.3 is 10.2 Å². The third kappa shape index (κ3) is 4.44. The van der Waals surface area contributed by atoms with Crippen LogP contribution in [-0.4, -0.2) is 57.3 Å². The minimum Gasteiger partial charge on any atom is -0.393 e. The number of aliphatic hydroxyl groups excluding tert-OH is 1. The van der Waals surface area contributed by atoms with E-state index in [1.165, 1.54) is 10.4 Å². The van der Waals surface area contributed by atoms with Gasteiger partial charge < -0.3 is 9.67 Å². The second kappa shape index (κ2) is 8.70. The summed E-state index contributed by atoms with van der Waals surface area (Å²) in [6, 6.07) is 7.51. The van der Waals surface area contributed by atoms with Gasteiger partial charge in [-0.2, -0.15) is 17.8 Å². The van der Waals surface area contributed by atoms with Crippen molar-refractivity contribution in [1.29, 1.82) is 0 Å². The molecule has 0 atom stereocenters.